The molecule has 1 aromatic heterocycles. The summed E-state index contributed by atoms with van der Waals surface area (Å²) in [4.78, 5) is 30.3. The molecule has 1 fully saturated rings. The first-order valence-corrected chi connectivity index (χ1v) is 12.3. The van der Waals surface area contributed by atoms with Crippen LogP contribution in [0.1, 0.15) is 32.9 Å². The normalized spacial score (nSPS) is 14.2. The molecular formula is C26H29N3O4S. The standard InChI is InChI=1S/C26H29N3O4S/c1-19-23(20(2)33-27-19)18-34-24-11-7-6-10-22(24)26(31)32-17-25(30)29-14-12-28(13-15-29)16-21-8-4-3-5-9-21/h3-11H,12-18H2,1-2H3. The topological polar surface area (TPSA) is 75.9 Å². The summed E-state index contributed by atoms with van der Waals surface area (Å²) in [6.07, 6.45) is 0. The van der Waals surface area contributed by atoms with Gasteiger partial charge in [-0.05, 0) is 31.5 Å². The molecular weight excluding hydrogens is 450 g/mol. The molecule has 0 spiro atoms. The molecule has 2 aromatic carbocycles. The van der Waals surface area contributed by atoms with Gasteiger partial charge in [0.2, 0.25) is 0 Å². The van der Waals surface area contributed by atoms with Crippen LogP contribution in [-0.2, 0) is 21.8 Å². The molecule has 0 unspecified atom stereocenters. The summed E-state index contributed by atoms with van der Waals surface area (Å²) in [5.74, 6) is 0.767. The van der Waals surface area contributed by atoms with Gasteiger partial charge in [-0.3, -0.25) is 9.69 Å². The van der Waals surface area contributed by atoms with Crippen LogP contribution in [0, 0.1) is 13.8 Å². The maximum atomic E-state index is 12.8. The summed E-state index contributed by atoms with van der Waals surface area (Å²) >= 11 is 1.52. The van der Waals surface area contributed by atoms with Gasteiger partial charge in [-0.15, -0.1) is 11.8 Å². The van der Waals surface area contributed by atoms with Crippen molar-refractivity contribution in [1.29, 1.82) is 0 Å². The zero-order valence-corrected chi connectivity index (χ0v) is 20.3. The van der Waals surface area contributed by atoms with Crippen LogP contribution >= 0.6 is 11.8 Å². The quantitative estimate of drug-likeness (QED) is 0.356. The molecule has 3 aromatic rings. The van der Waals surface area contributed by atoms with E-state index in [0.717, 1.165) is 41.5 Å². The van der Waals surface area contributed by atoms with Gasteiger partial charge in [0.25, 0.3) is 5.91 Å². The van der Waals surface area contributed by atoms with Gasteiger partial charge in [0.05, 0.1) is 11.3 Å². The maximum absolute atomic E-state index is 12.8. The Morgan fingerprint density at radius 2 is 1.71 bits per heavy atom. The van der Waals surface area contributed by atoms with E-state index in [2.05, 4.69) is 22.2 Å². The summed E-state index contributed by atoms with van der Waals surface area (Å²) in [5, 5.41) is 3.98. The van der Waals surface area contributed by atoms with Crippen LogP contribution in [0.25, 0.3) is 0 Å². The third-order valence-electron chi connectivity index (χ3n) is 5.96. The first-order valence-electron chi connectivity index (χ1n) is 11.4. The molecule has 0 radical (unpaired) electrons. The number of thioether (sulfide) groups is 1. The van der Waals surface area contributed by atoms with E-state index < -0.39 is 5.97 Å². The molecule has 4 rings (SSSR count). The molecule has 1 saturated heterocycles. The Morgan fingerprint density at radius 3 is 2.41 bits per heavy atom. The lowest BCUT2D eigenvalue weighted by atomic mass is 10.2. The third kappa shape index (κ3) is 6.07. The summed E-state index contributed by atoms with van der Waals surface area (Å²) in [7, 11) is 0. The van der Waals surface area contributed by atoms with Gasteiger partial charge in [0, 0.05) is 48.9 Å². The molecule has 0 bridgehead atoms. The fourth-order valence-electron chi connectivity index (χ4n) is 3.91. The highest BCUT2D eigenvalue weighted by atomic mass is 32.2. The van der Waals surface area contributed by atoms with Crippen molar-refractivity contribution < 1.29 is 18.8 Å². The average molecular weight is 480 g/mol. The molecule has 178 valence electrons. The molecule has 1 aliphatic heterocycles. The molecule has 0 aliphatic carbocycles. The van der Waals surface area contributed by atoms with E-state index >= 15 is 0 Å². The zero-order chi connectivity index (χ0) is 23.9. The molecule has 0 N–H and O–H groups in total. The van der Waals surface area contributed by atoms with E-state index in [9.17, 15) is 9.59 Å². The number of nitrogens with zero attached hydrogens (tertiary/aromatic N) is 3. The molecule has 8 heteroatoms. The largest absolute Gasteiger partial charge is 0.452 e. The van der Waals surface area contributed by atoms with Crippen LogP contribution in [0.15, 0.2) is 64.0 Å². The SMILES string of the molecule is Cc1noc(C)c1CSc1ccccc1C(=O)OCC(=O)N1CCN(Cc2ccccc2)CC1. The Hall–Kier alpha value is -3.10. The number of hydrogen-bond donors (Lipinski definition) is 0. The first kappa shape index (κ1) is 24.0. The Kier molecular flexibility index (Phi) is 8.03. The number of aromatic nitrogens is 1. The predicted molar refractivity (Wildman–Crippen MR) is 131 cm³/mol. The van der Waals surface area contributed by atoms with Gasteiger partial charge >= 0.3 is 5.97 Å². The predicted octanol–water partition coefficient (Wildman–Crippen LogP) is 4.08. The van der Waals surface area contributed by atoms with Crippen molar-refractivity contribution in [1.82, 2.24) is 15.0 Å². The van der Waals surface area contributed by atoms with E-state index in [-0.39, 0.29) is 12.5 Å². The van der Waals surface area contributed by atoms with Gasteiger partial charge in [0.1, 0.15) is 5.76 Å². The number of carbonyl (C=O) groups is 2. The van der Waals surface area contributed by atoms with E-state index in [1.165, 1.54) is 17.3 Å². The van der Waals surface area contributed by atoms with Crippen molar-refractivity contribution in [3.8, 4) is 0 Å². The lowest BCUT2D eigenvalue weighted by Gasteiger charge is -2.34. The maximum Gasteiger partial charge on any atom is 0.339 e. The minimum atomic E-state index is -0.488. The second kappa shape index (κ2) is 11.4. The molecule has 0 saturated carbocycles. The van der Waals surface area contributed by atoms with Crippen LogP contribution < -0.4 is 0 Å². The van der Waals surface area contributed by atoms with E-state index in [1.807, 2.05) is 44.2 Å². The highest BCUT2D eigenvalue weighted by molar-refractivity contribution is 7.98. The van der Waals surface area contributed by atoms with Crippen LogP contribution in [-0.4, -0.2) is 59.6 Å². The Morgan fingerprint density at radius 1 is 1.00 bits per heavy atom. The van der Waals surface area contributed by atoms with E-state index in [0.29, 0.717) is 24.4 Å². The molecule has 1 amide bonds. The van der Waals surface area contributed by atoms with Crippen molar-refractivity contribution in [2.24, 2.45) is 0 Å². The van der Waals surface area contributed by atoms with Crippen molar-refractivity contribution >= 4 is 23.6 Å². The Bertz CT molecular complexity index is 1100. The van der Waals surface area contributed by atoms with Crippen LogP contribution in [0.4, 0.5) is 0 Å². The van der Waals surface area contributed by atoms with Crippen molar-refractivity contribution in [2.45, 2.75) is 31.0 Å². The number of amides is 1. The number of benzene rings is 2. The number of carbonyl (C=O) groups excluding carboxylic acids is 2. The van der Waals surface area contributed by atoms with Gasteiger partial charge in [0.15, 0.2) is 6.61 Å². The number of piperazine rings is 1. The minimum absolute atomic E-state index is 0.159. The number of hydrogen-bond acceptors (Lipinski definition) is 7. The highest BCUT2D eigenvalue weighted by Crippen LogP contribution is 2.29. The summed E-state index contributed by atoms with van der Waals surface area (Å²) in [6, 6.07) is 17.6. The van der Waals surface area contributed by atoms with Crippen molar-refractivity contribution in [3.05, 3.63) is 82.7 Å². The molecule has 7 nitrogen and oxygen atoms in total. The molecule has 34 heavy (non-hydrogen) atoms. The minimum Gasteiger partial charge on any atom is -0.452 e. The second-order valence-electron chi connectivity index (χ2n) is 8.31. The van der Waals surface area contributed by atoms with Crippen LogP contribution in [0.5, 0.6) is 0 Å². The van der Waals surface area contributed by atoms with E-state index in [4.69, 9.17) is 9.26 Å². The lowest BCUT2D eigenvalue weighted by molar-refractivity contribution is -0.136. The second-order valence-corrected chi connectivity index (χ2v) is 9.32. The van der Waals surface area contributed by atoms with Gasteiger partial charge in [-0.1, -0.05) is 47.6 Å². The van der Waals surface area contributed by atoms with Crippen molar-refractivity contribution in [3.63, 3.8) is 0 Å². The smallest absolute Gasteiger partial charge is 0.339 e. The number of rotatable bonds is 8. The average Bonchev–Trinajstić information content (AvgIpc) is 3.19. The fraction of sp³-hybridized carbons (Fsp3) is 0.346. The summed E-state index contributed by atoms with van der Waals surface area (Å²) in [6.45, 7) is 7.27. The lowest BCUT2D eigenvalue weighted by Crippen LogP contribution is -2.49. The summed E-state index contributed by atoms with van der Waals surface area (Å²) in [5.41, 5.74) is 3.59. The van der Waals surface area contributed by atoms with Gasteiger partial charge < -0.3 is 14.2 Å². The first-order chi connectivity index (χ1) is 16.5. The molecule has 1 aliphatic rings. The number of esters is 1. The van der Waals surface area contributed by atoms with Crippen LogP contribution in [0.3, 0.4) is 0 Å². The zero-order valence-electron chi connectivity index (χ0n) is 19.5. The monoisotopic (exact) mass is 479 g/mol. The fourth-order valence-corrected chi connectivity index (χ4v) is 5.11. The highest BCUT2D eigenvalue weighted by Gasteiger charge is 2.23. The number of ether oxygens (including phenoxy) is 1. The third-order valence-corrected chi connectivity index (χ3v) is 7.06. The molecule has 2 heterocycles. The molecule has 0 atom stereocenters. The number of aryl methyl sites for hydroxylation is 2. The van der Waals surface area contributed by atoms with Gasteiger partial charge in [-0.25, -0.2) is 4.79 Å². The Balaban J connectivity index is 1.26. The Labute approximate surface area is 204 Å². The van der Waals surface area contributed by atoms with E-state index in [1.54, 1.807) is 17.0 Å². The van der Waals surface area contributed by atoms with Gasteiger partial charge in [-0.2, -0.15) is 0 Å². The summed E-state index contributed by atoms with van der Waals surface area (Å²) < 4.78 is 10.6. The van der Waals surface area contributed by atoms with Crippen LogP contribution in [0.2, 0.25) is 0 Å². The van der Waals surface area contributed by atoms with Crippen molar-refractivity contribution in [2.75, 3.05) is 32.8 Å².